The van der Waals surface area contributed by atoms with Crippen molar-refractivity contribution in [1.29, 1.82) is 0 Å². The first-order valence-electron chi connectivity index (χ1n) is 4.71. The minimum Gasteiger partial charge on any atom is -0.308 e. The Hall–Kier alpha value is -0.460. The molecule has 0 spiro atoms. The van der Waals surface area contributed by atoms with E-state index in [1.807, 2.05) is 30.3 Å². The highest BCUT2D eigenvalue weighted by molar-refractivity contribution is 9.40. The van der Waals surface area contributed by atoms with Crippen molar-refractivity contribution in [3.63, 3.8) is 0 Å². The number of aromatic nitrogens is 1. The summed E-state index contributed by atoms with van der Waals surface area (Å²) in [6.45, 7) is 0. The summed E-state index contributed by atoms with van der Waals surface area (Å²) in [5.41, 5.74) is 0.842. The van der Waals surface area contributed by atoms with Crippen molar-refractivity contribution < 1.29 is 4.79 Å². The Labute approximate surface area is 123 Å². The van der Waals surface area contributed by atoms with Gasteiger partial charge < -0.3 is 5.32 Å². The van der Waals surface area contributed by atoms with Gasteiger partial charge in [0.15, 0.2) is 0 Å². The topological polar surface area (TPSA) is 42.0 Å². The number of hydrogen-bond donors (Lipinski definition) is 1. The van der Waals surface area contributed by atoms with E-state index in [4.69, 9.17) is 0 Å². The number of carbonyl (C=O) groups excluding carboxylic acids is 1. The van der Waals surface area contributed by atoms with Crippen LogP contribution in [-0.2, 0) is 4.79 Å². The average molecular weight is 423 g/mol. The minimum absolute atomic E-state index is 0.278. The van der Waals surface area contributed by atoms with Crippen LogP contribution in [0.5, 0.6) is 0 Å². The van der Waals surface area contributed by atoms with Crippen LogP contribution in [0.3, 0.4) is 0 Å². The molecule has 17 heavy (non-hydrogen) atoms. The second-order valence-electron chi connectivity index (χ2n) is 3.34. The molecule has 0 saturated heterocycles. The molecule has 1 heterocycles. The van der Waals surface area contributed by atoms with E-state index in [0.29, 0.717) is 5.82 Å². The summed E-state index contributed by atoms with van der Waals surface area (Å²) in [5.74, 6) is 0.233. The highest BCUT2D eigenvalue weighted by Crippen LogP contribution is 2.34. The molecule has 2 rings (SSSR count). The molecule has 6 heteroatoms. The molecule has 0 aliphatic heterocycles. The minimum atomic E-state index is -0.972. The quantitative estimate of drug-likeness (QED) is 0.705. The number of amides is 1. The fourth-order valence-corrected chi connectivity index (χ4v) is 1.62. The van der Waals surface area contributed by atoms with Gasteiger partial charge in [0.25, 0.3) is 5.91 Å². The standard InChI is InChI=1S/C11H7Br3N2O/c12-11(13,14)10(17)16-9-6-5-7-3-1-2-4-8(7)15-9/h1-6H,(H,15,16,17). The van der Waals surface area contributed by atoms with Crippen molar-refractivity contribution in [2.45, 2.75) is 2.14 Å². The third-order valence-electron chi connectivity index (χ3n) is 2.10. The molecular weight excluding hydrogens is 416 g/mol. The van der Waals surface area contributed by atoms with E-state index in [-0.39, 0.29) is 5.91 Å². The van der Waals surface area contributed by atoms with Gasteiger partial charge in [-0.1, -0.05) is 18.2 Å². The number of alkyl halides is 3. The van der Waals surface area contributed by atoms with Crippen LogP contribution in [0.1, 0.15) is 0 Å². The average Bonchev–Trinajstić information content (AvgIpc) is 2.27. The van der Waals surface area contributed by atoms with Gasteiger partial charge in [-0.15, -0.1) is 0 Å². The van der Waals surface area contributed by atoms with Gasteiger partial charge in [0, 0.05) is 5.39 Å². The van der Waals surface area contributed by atoms with Crippen LogP contribution in [0.2, 0.25) is 0 Å². The Kier molecular flexibility index (Phi) is 3.85. The number of fused-ring (bicyclic) bond motifs is 1. The number of rotatable bonds is 1. The van der Waals surface area contributed by atoms with Gasteiger partial charge in [0.2, 0.25) is 2.14 Å². The molecule has 0 atom stereocenters. The number of pyridine rings is 1. The van der Waals surface area contributed by atoms with Crippen LogP contribution in [-0.4, -0.2) is 13.0 Å². The number of benzene rings is 1. The summed E-state index contributed by atoms with van der Waals surface area (Å²) in [6, 6.07) is 11.4. The van der Waals surface area contributed by atoms with E-state index < -0.39 is 2.14 Å². The van der Waals surface area contributed by atoms with E-state index in [9.17, 15) is 4.79 Å². The van der Waals surface area contributed by atoms with Crippen LogP contribution >= 0.6 is 47.8 Å². The third kappa shape index (κ3) is 3.26. The lowest BCUT2D eigenvalue weighted by Crippen LogP contribution is -2.25. The lowest BCUT2D eigenvalue weighted by molar-refractivity contribution is -0.114. The largest absolute Gasteiger partial charge is 0.308 e. The number of anilines is 1. The predicted molar refractivity (Wildman–Crippen MR) is 79.9 cm³/mol. The van der Waals surface area contributed by atoms with Crippen molar-refractivity contribution >= 4 is 70.4 Å². The zero-order chi connectivity index (χ0) is 12.5. The molecule has 0 saturated carbocycles. The monoisotopic (exact) mass is 420 g/mol. The molecule has 0 unspecified atom stereocenters. The molecule has 0 aliphatic carbocycles. The number of nitrogens with zero attached hydrogens (tertiary/aromatic N) is 1. The summed E-state index contributed by atoms with van der Waals surface area (Å²) in [5, 5.41) is 3.72. The van der Waals surface area contributed by atoms with E-state index in [1.54, 1.807) is 6.07 Å². The molecule has 88 valence electrons. The molecule has 0 bridgehead atoms. The predicted octanol–water partition coefficient (Wildman–Crippen LogP) is 4.01. The maximum absolute atomic E-state index is 11.7. The lowest BCUT2D eigenvalue weighted by atomic mass is 10.2. The first kappa shape index (κ1) is 13.0. The summed E-state index contributed by atoms with van der Waals surface area (Å²) < 4.78 is -0.972. The fourth-order valence-electron chi connectivity index (χ4n) is 1.32. The molecule has 3 nitrogen and oxygen atoms in total. The maximum atomic E-state index is 11.7. The van der Waals surface area contributed by atoms with E-state index >= 15 is 0 Å². The van der Waals surface area contributed by atoms with E-state index in [1.165, 1.54) is 0 Å². The van der Waals surface area contributed by atoms with Crippen LogP contribution in [0, 0.1) is 0 Å². The second-order valence-corrected chi connectivity index (χ2v) is 10.1. The van der Waals surface area contributed by atoms with E-state index in [2.05, 4.69) is 58.1 Å². The SMILES string of the molecule is O=C(Nc1ccc2ccccc2n1)C(Br)(Br)Br. The molecule has 0 radical (unpaired) electrons. The maximum Gasteiger partial charge on any atom is 0.264 e. The molecule has 1 aromatic heterocycles. The van der Waals surface area contributed by atoms with Crippen LogP contribution in [0.15, 0.2) is 36.4 Å². The van der Waals surface area contributed by atoms with Gasteiger partial charge >= 0.3 is 0 Å². The Bertz CT molecular complexity index is 566. The van der Waals surface area contributed by atoms with Crippen LogP contribution in [0.4, 0.5) is 5.82 Å². The van der Waals surface area contributed by atoms with Gasteiger partial charge in [-0.2, -0.15) is 0 Å². The summed E-state index contributed by atoms with van der Waals surface area (Å²) in [4.78, 5) is 16.0. The van der Waals surface area contributed by atoms with Crippen molar-refractivity contribution in [1.82, 2.24) is 4.98 Å². The zero-order valence-corrected chi connectivity index (χ0v) is 13.2. The van der Waals surface area contributed by atoms with Gasteiger partial charge in [-0.05, 0) is 66.0 Å². The normalized spacial score (nSPS) is 11.5. The van der Waals surface area contributed by atoms with Crippen molar-refractivity contribution in [2.75, 3.05) is 5.32 Å². The third-order valence-corrected chi connectivity index (χ3v) is 3.18. The fraction of sp³-hybridized carbons (Fsp3) is 0.0909. The molecule has 1 aromatic carbocycles. The number of carbonyl (C=O) groups is 1. The van der Waals surface area contributed by atoms with E-state index in [0.717, 1.165) is 10.9 Å². The molecule has 2 aromatic rings. The van der Waals surface area contributed by atoms with Gasteiger partial charge in [-0.25, -0.2) is 4.98 Å². The second kappa shape index (κ2) is 5.04. The van der Waals surface area contributed by atoms with Crippen molar-refractivity contribution in [3.05, 3.63) is 36.4 Å². The molecule has 1 N–H and O–H groups in total. The Morgan fingerprint density at radius 3 is 2.53 bits per heavy atom. The first-order chi connectivity index (χ1) is 7.97. The van der Waals surface area contributed by atoms with Gasteiger partial charge in [0.1, 0.15) is 5.82 Å². The Balaban J connectivity index is 2.29. The summed E-state index contributed by atoms with van der Waals surface area (Å²) in [6.07, 6.45) is 0. The lowest BCUT2D eigenvalue weighted by Gasteiger charge is -2.12. The summed E-state index contributed by atoms with van der Waals surface area (Å²) in [7, 11) is 0. The molecular formula is C11H7Br3N2O. The number of halogens is 3. The number of nitrogens with one attached hydrogen (secondary N) is 1. The zero-order valence-electron chi connectivity index (χ0n) is 8.45. The molecule has 1 amide bonds. The van der Waals surface area contributed by atoms with Gasteiger partial charge in [0.05, 0.1) is 5.52 Å². The number of para-hydroxylation sites is 1. The molecule has 0 aliphatic rings. The Morgan fingerprint density at radius 1 is 1.12 bits per heavy atom. The summed E-state index contributed by atoms with van der Waals surface area (Å²) >= 11 is 9.43. The van der Waals surface area contributed by atoms with Crippen LogP contribution in [0.25, 0.3) is 10.9 Å². The van der Waals surface area contributed by atoms with Crippen molar-refractivity contribution in [2.24, 2.45) is 0 Å². The smallest absolute Gasteiger partial charge is 0.264 e. The van der Waals surface area contributed by atoms with Crippen molar-refractivity contribution in [3.8, 4) is 0 Å². The Morgan fingerprint density at radius 2 is 1.82 bits per heavy atom. The highest BCUT2D eigenvalue weighted by Gasteiger charge is 2.28. The number of hydrogen-bond acceptors (Lipinski definition) is 2. The highest BCUT2D eigenvalue weighted by atomic mass is 80.0. The van der Waals surface area contributed by atoms with Gasteiger partial charge in [-0.3, -0.25) is 4.79 Å². The first-order valence-corrected chi connectivity index (χ1v) is 7.09. The molecule has 0 fully saturated rings. The van der Waals surface area contributed by atoms with Crippen LogP contribution < -0.4 is 5.32 Å².